The maximum absolute atomic E-state index is 13.5. The molecule has 0 saturated carbocycles. The summed E-state index contributed by atoms with van der Waals surface area (Å²) in [5.74, 6) is -0.164. The molecular weight excluding hydrogens is 326 g/mol. The molecule has 5 nitrogen and oxygen atoms in total. The molecule has 1 aromatic heterocycles. The molecule has 0 saturated heterocycles. The van der Waals surface area contributed by atoms with Gasteiger partial charge in [0.1, 0.15) is 5.52 Å². The predicted octanol–water partition coefficient (Wildman–Crippen LogP) is 4.36. The first kappa shape index (κ1) is 18.0. The second-order valence-electron chi connectivity index (χ2n) is 6.01. The lowest BCUT2D eigenvalue weighted by molar-refractivity contribution is -0.0436. The average Bonchev–Trinajstić information content (AvgIpc) is 3.12. The Morgan fingerprint density at radius 1 is 1.12 bits per heavy atom. The van der Waals surface area contributed by atoms with Crippen LogP contribution in [0.1, 0.15) is 37.0 Å². The number of allylic oxidation sites excluding steroid dienone is 1. The van der Waals surface area contributed by atoms with Crippen molar-refractivity contribution >= 4 is 16.8 Å². The van der Waals surface area contributed by atoms with Crippen LogP contribution < -0.4 is 0 Å². The minimum Gasteiger partial charge on any atom is -0.344 e. The summed E-state index contributed by atoms with van der Waals surface area (Å²) in [6.07, 6.45) is 5.63. The van der Waals surface area contributed by atoms with Crippen LogP contribution in [0.5, 0.6) is 0 Å². The van der Waals surface area contributed by atoms with Crippen molar-refractivity contribution in [2.75, 3.05) is 6.61 Å². The lowest BCUT2D eigenvalue weighted by Gasteiger charge is -2.29. The fourth-order valence-corrected chi connectivity index (χ4v) is 2.96. The maximum atomic E-state index is 13.5. The van der Waals surface area contributed by atoms with Gasteiger partial charge >= 0.3 is 0 Å². The molecule has 2 aromatic carbocycles. The zero-order valence-corrected chi connectivity index (χ0v) is 15.1. The number of para-hydroxylation sites is 1. The Morgan fingerprint density at radius 3 is 2.58 bits per heavy atom. The number of carbonyl (C=O) groups is 1. The van der Waals surface area contributed by atoms with Crippen LogP contribution in [0.3, 0.4) is 0 Å². The van der Waals surface area contributed by atoms with Crippen LogP contribution in [-0.4, -0.2) is 27.4 Å². The summed E-state index contributed by atoms with van der Waals surface area (Å²) < 4.78 is 7.66. The Kier molecular flexibility index (Phi) is 5.58. The van der Waals surface area contributed by atoms with E-state index in [9.17, 15) is 4.79 Å². The van der Waals surface area contributed by atoms with Crippen molar-refractivity contribution in [3.63, 3.8) is 0 Å². The summed E-state index contributed by atoms with van der Waals surface area (Å²) in [5, 5.41) is 8.50. The molecule has 1 unspecified atom stereocenters. The molecule has 5 heteroatoms. The van der Waals surface area contributed by atoms with E-state index in [0.29, 0.717) is 12.2 Å². The number of unbranched alkanes of at least 4 members (excludes halogenated alkanes) is 1. The van der Waals surface area contributed by atoms with E-state index in [1.807, 2.05) is 61.5 Å². The Hall–Kier alpha value is -2.79. The highest BCUT2D eigenvalue weighted by atomic mass is 16.5. The molecule has 0 aliphatic heterocycles. The van der Waals surface area contributed by atoms with Gasteiger partial charge in [-0.15, -0.1) is 5.10 Å². The Balaban J connectivity index is 2.21. The van der Waals surface area contributed by atoms with Gasteiger partial charge in [-0.2, -0.15) is 0 Å². The van der Waals surface area contributed by atoms with Gasteiger partial charge in [-0.1, -0.05) is 67.1 Å². The third kappa shape index (κ3) is 3.30. The molecule has 26 heavy (non-hydrogen) atoms. The smallest absolute Gasteiger partial charge is 0.246 e. The van der Waals surface area contributed by atoms with E-state index in [2.05, 4.69) is 17.2 Å². The number of ether oxygens (including phenoxy) is 1. The van der Waals surface area contributed by atoms with Crippen molar-refractivity contribution < 1.29 is 9.53 Å². The average molecular weight is 349 g/mol. The molecule has 1 atom stereocenters. The van der Waals surface area contributed by atoms with Gasteiger partial charge in [-0.3, -0.25) is 4.79 Å². The normalized spacial score (nSPS) is 13.9. The van der Waals surface area contributed by atoms with Crippen LogP contribution in [0.4, 0.5) is 0 Å². The number of ketones is 1. The van der Waals surface area contributed by atoms with Crippen LogP contribution in [0.2, 0.25) is 0 Å². The number of aromatic nitrogens is 3. The zero-order valence-electron chi connectivity index (χ0n) is 15.1. The molecule has 0 aliphatic rings. The summed E-state index contributed by atoms with van der Waals surface area (Å²) in [4.78, 5) is 13.5. The minimum absolute atomic E-state index is 0.164. The van der Waals surface area contributed by atoms with Crippen molar-refractivity contribution in [2.45, 2.75) is 32.4 Å². The van der Waals surface area contributed by atoms with Crippen LogP contribution in [0.25, 0.3) is 11.0 Å². The second-order valence-corrected chi connectivity index (χ2v) is 6.01. The van der Waals surface area contributed by atoms with Crippen molar-refractivity contribution in [1.82, 2.24) is 15.0 Å². The van der Waals surface area contributed by atoms with Crippen molar-refractivity contribution in [2.24, 2.45) is 0 Å². The van der Waals surface area contributed by atoms with Gasteiger partial charge in [0, 0.05) is 12.2 Å². The SMILES string of the molecule is CCC/C=C/C(OCC)(C(=O)c1ccccc1)n1nnc2ccccc21. The van der Waals surface area contributed by atoms with Crippen molar-refractivity contribution in [3.05, 3.63) is 72.3 Å². The standard InChI is InChI=1S/C21H23N3O2/c1-3-5-11-16-21(26-4-2,20(25)17-12-7-6-8-13-17)24-19-15-10-9-14-18(19)22-23-24/h6-16H,3-5H2,1-2H3/b16-11+. The Labute approximate surface area is 153 Å². The molecule has 0 aliphatic carbocycles. The summed E-state index contributed by atoms with van der Waals surface area (Å²) in [6.45, 7) is 4.33. The second kappa shape index (κ2) is 8.06. The first-order valence-electron chi connectivity index (χ1n) is 8.95. The molecule has 134 valence electrons. The van der Waals surface area contributed by atoms with Crippen LogP contribution in [0, 0.1) is 0 Å². The van der Waals surface area contributed by atoms with E-state index >= 15 is 0 Å². The van der Waals surface area contributed by atoms with Gasteiger partial charge < -0.3 is 4.74 Å². The fourth-order valence-electron chi connectivity index (χ4n) is 2.96. The number of Topliss-reactive ketones (excluding diaryl/α,β-unsaturated/α-hetero) is 1. The number of nitrogens with zero attached hydrogens (tertiary/aromatic N) is 3. The number of fused-ring (bicyclic) bond motifs is 1. The molecule has 0 bridgehead atoms. The van der Waals surface area contributed by atoms with Gasteiger partial charge in [0.2, 0.25) is 11.5 Å². The summed E-state index contributed by atoms with van der Waals surface area (Å²) in [5.41, 5.74) is 0.691. The molecule has 0 spiro atoms. The molecule has 0 N–H and O–H groups in total. The zero-order chi connectivity index (χ0) is 18.4. The summed E-state index contributed by atoms with van der Waals surface area (Å²) >= 11 is 0. The molecule has 1 heterocycles. The van der Waals surface area contributed by atoms with Crippen LogP contribution in [-0.2, 0) is 10.5 Å². The highest BCUT2D eigenvalue weighted by molar-refractivity contribution is 6.02. The fraction of sp³-hybridized carbons (Fsp3) is 0.286. The first-order valence-corrected chi connectivity index (χ1v) is 8.95. The Bertz CT molecular complexity index is 902. The van der Waals surface area contributed by atoms with Gasteiger partial charge in [-0.25, -0.2) is 4.68 Å². The van der Waals surface area contributed by atoms with E-state index in [-0.39, 0.29) is 5.78 Å². The third-order valence-electron chi connectivity index (χ3n) is 4.19. The lowest BCUT2D eigenvalue weighted by Crippen LogP contribution is -2.44. The summed E-state index contributed by atoms with van der Waals surface area (Å²) in [7, 11) is 0. The number of rotatable bonds is 8. The lowest BCUT2D eigenvalue weighted by atomic mass is 9.99. The molecular formula is C21H23N3O2. The summed E-state index contributed by atoms with van der Waals surface area (Å²) in [6, 6.07) is 16.7. The van der Waals surface area contributed by atoms with Gasteiger partial charge in [0.15, 0.2) is 0 Å². The van der Waals surface area contributed by atoms with Gasteiger partial charge in [0.25, 0.3) is 0 Å². The molecule has 0 fully saturated rings. The molecule has 0 radical (unpaired) electrons. The number of hydrogen-bond acceptors (Lipinski definition) is 4. The van der Waals surface area contributed by atoms with E-state index in [0.717, 1.165) is 23.9 Å². The third-order valence-corrected chi connectivity index (χ3v) is 4.19. The molecule has 3 aromatic rings. The van der Waals surface area contributed by atoms with Gasteiger partial charge in [0.05, 0.1) is 5.52 Å². The maximum Gasteiger partial charge on any atom is 0.246 e. The van der Waals surface area contributed by atoms with E-state index in [4.69, 9.17) is 4.74 Å². The van der Waals surface area contributed by atoms with Gasteiger partial charge in [-0.05, 0) is 31.6 Å². The first-order chi connectivity index (χ1) is 12.7. The minimum atomic E-state index is -1.36. The topological polar surface area (TPSA) is 57.0 Å². The highest BCUT2D eigenvalue weighted by Crippen LogP contribution is 2.29. The number of benzene rings is 2. The quantitative estimate of drug-likeness (QED) is 0.448. The molecule has 0 amide bonds. The van der Waals surface area contributed by atoms with Crippen LogP contribution >= 0.6 is 0 Å². The predicted molar refractivity (Wildman–Crippen MR) is 102 cm³/mol. The largest absolute Gasteiger partial charge is 0.344 e. The van der Waals surface area contributed by atoms with Crippen LogP contribution in [0.15, 0.2) is 66.7 Å². The monoisotopic (exact) mass is 349 g/mol. The van der Waals surface area contributed by atoms with E-state index in [1.165, 1.54) is 0 Å². The molecule has 3 rings (SSSR count). The highest BCUT2D eigenvalue weighted by Gasteiger charge is 2.41. The Morgan fingerprint density at radius 2 is 1.85 bits per heavy atom. The number of carbonyl (C=O) groups excluding carboxylic acids is 1. The van der Waals surface area contributed by atoms with Crippen molar-refractivity contribution in [3.8, 4) is 0 Å². The van der Waals surface area contributed by atoms with E-state index < -0.39 is 5.72 Å². The van der Waals surface area contributed by atoms with Crippen molar-refractivity contribution in [1.29, 1.82) is 0 Å². The number of hydrogen-bond donors (Lipinski definition) is 0. The van der Waals surface area contributed by atoms with E-state index in [1.54, 1.807) is 16.8 Å².